The fourth-order valence-electron chi connectivity index (χ4n) is 3.61. The molecule has 0 saturated heterocycles. The zero-order valence-electron chi connectivity index (χ0n) is 20.6. The largest absolute Gasteiger partial charge is 0.322 e. The van der Waals surface area contributed by atoms with Gasteiger partial charge in [-0.1, -0.05) is 30.3 Å². The van der Waals surface area contributed by atoms with Gasteiger partial charge in [0.15, 0.2) is 5.78 Å². The lowest BCUT2D eigenvalue weighted by Gasteiger charge is -2.07. The number of carbonyl (C=O) groups is 3. The highest BCUT2D eigenvalue weighted by atomic mass is 16.6. The van der Waals surface area contributed by atoms with Crippen molar-refractivity contribution in [3.05, 3.63) is 146 Å². The van der Waals surface area contributed by atoms with Crippen LogP contribution in [0.5, 0.6) is 0 Å². The zero-order valence-corrected chi connectivity index (χ0v) is 20.6. The molecule has 40 heavy (non-hydrogen) atoms. The fourth-order valence-corrected chi connectivity index (χ4v) is 3.61. The Balaban J connectivity index is 1.39. The number of hydrogen-bond acceptors (Lipinski definition) is 7. The summed E-state index contributed by atoms with van der Waals surface area (Å²) in [6.45, 7) is 0. The van der Waals surface area contributed by atoms with Gasteiger partial charge in [-0.3, -0.25) is 34.6 Å². The molecule has 0 atom stereocenters. The van der Waals surface area contributed by atoms with Crippen molar-refractivity contribution >= 4 is 46.4 Å². The van der Waals surface area contributed by atoms with Crippen molar-refractivity contribution in [2.75, 3.05) is 10.6 Å². The Morgan fingerprint density at radius 3 is 1.57 bits per heavy atom. The molecule has 0 bridgehead atoms. The number of amides is 2. The number of nitrogens with zero attached hydrogens (tertiary/aromatic N) is 2. The van der Waals surface area contributed by atoms with Gasteiger partial charge in [0.2, 0.25) is 0 Å². The highest BCUT2D eigenvalue weighted by Gasteiger charge is 2.12. The molecule has 4 rings (SSSR count). The zero-order chi connectivity index (χ0) is 28.6. The lowest BCUT2D eigenvalue weighted by molar-refractivity contribution is -0.385. The molecule has 198 valence electrons. The van der Waals surface area contributed by atoms with E-state index in [9.17, 15) is 34.6 Å². The van der Waals surface area contributed by atoms with Crippen molar-refractivity contribution in [1.82, 2.24) is 0 Å². The third-order valence-corrected chi connectivity index (χ3v) is 5.66. The van der Waals surface area contributed by atoms with Gasteiger partial charge in [0.1, 0.15) is 0 Å². The molecule has 0 radical (unpaired) electrons. The molecule has 0 aliphatic heterocycles. The maximum absolute atomic E-state index is 12.8. The van der Waals surface area contributed by atoms with E-state index in [1.54, 1.807) is 48.5 Å². The van der Waals surface area contributed by atoms with E-state index >= 15 is 0 Å². The molecule has 0 aromatic heterocycles. The molecular formula is C29H20N4O7. The van der Waals surface area contributed by atoms with E-state index in [2.05, 4.69) is 10.6 Å². The van der Waals surface area contributed by atoms with Gasteiger partial charge in [0, 0.05) is 52.3 Å². The number of hydrogen-bond donors (Lipinski definition) is 2. The Kier molecular flexibility index (Phi) is 8.16. The van der Waals surface area contributed by atoms with E-state index in [-0.39, 0.29) is 28.3 Å². The maximum atomic E-state index is 12.8. The van der Waals surface area contributed by atoms with E-state index < -0.39 is 21.7 Å². The summed E-state index contributed by atoms with van der Waals surface area (Å²) in [5.41, 5.74) is 2.02. The van der Waals surface area contributed by atoms with Crippen LogP contribution in [0, 0.1) is 20.2 Å². The first-order valence-electron chi connectivity index (χ1n) is 11.7. The number of rotatable bonds is 9. The average Bonchev–Trinajstić information content (AvgIpc) is 2.96. The van der Waals surface area contributed by atoms with Gasteiger partial charge in [-0.15, -0.1) is 0 Å². The normalized spacial score (nSPS) is 10.6. The molecule has 0 heterocycles. The van der Waals surface area contributed by atoms with Crippen molar-refractivity contribution < 1.29 is 24.2 Å². The number of carbonyl (C=O) groups excluding carboxylic acids is 3. The highest BCUT2D eigenvalue weighted by molar-refractivity contribution is 6.09. The van der Waals surface area contributed by atoms with Gasteiger partial charge in [-0.2, -0.15) is 0 Å². The smallest absolute Gasteiger partial charge is 0.269 e. The van der Waals surface area contributed by atoms with Crippen LogP contribution in [0.15, 0.2) is 103 Å². The average molecular weight is 537 g/mol. The van der Waals surface area contributed by atoms with E-state index in [4.69, 9.17) is 0 Å². The summed E-state index contributed by atoms with van der Waals surface area (Å²) in [6, 6.07) is 23.5. The van der Waals surface area contributed by atoms with Crippen LogP contribution in [0.2, 0.25) is 0 Å². The van der Waals surface area contributed by atoms with E-state index in [0.29, 0.717) is 22.5 Å². The first-order valence-corrected chi connectivity index (χ1v) is 11.7. The van der Waals surface area contributed by atoms with Crippen LogP contribution in [0.4, 0.5) is 22.7 Å². The summed E-state index contributed by atoms with van der Waals surface area (Å²) in [4.78, 5) is 58.2. The molecule has 2 N–H and O–H groups in total. The second kappa shape index (κ2) is 12.0. The Bertz CT molecular complexity index is 1650. The van der Waals surface area contributed by atoms with Gasteiger partial charge < -0.3 is 10.6 Å². The Morgan fingerprint density at radius 2 is 1.07 bits per heavy atom. The van der Waals surface area contributed by atoms with Crippen molar-refractivity contribution in [2.45, 2.75) is 0 Å². The number of non-ortho nitro benzene ring substituents is 2. The third-order valence-electron chi connectivity index (χ3n) is 5.66. The van der Waals surface area contributed by atoms with Crippen LogP contribution in [0.25, 0.3) is 6.08 Å². The molecule has 4 aromatic rings. The Labute approximate surface area is 227 Å². The Hall–Kier alpha value is -5.97. The van der Waals surface area contributed by atoms with E-state index in [0.717, 1.165) is 0 Å². The minimum atomic E-state index is -0.557. The number of allylic oxidation sites excluding steroid dienone is 1. The summed E-state index contributed by atoms with van der Waals surface area (Å²) < 4.78 is 0. The molecule has 0 aliphatic rings. The minimum Gasteiger partial charge on any atom is -0.322 e. The molecule has 0 aliphatic carbocycles. The molecular weight excluding hydrogens is 516 g/mol. The molecule has 11 nitrogen and oxygen atoms in total. The SMILES string of the molecule is O=C(C=Cc1cccc(NC(=O)c2ccc([N+](=O)[O-])cc2)c1)c1cccc(NC(=O)c2ccc([N+](=O)[O-])cc2)c1. The van der Waals surface area contributed by atoms with Crippen molar-refractivity contribution in [3.8, 4) is 0 Å². The van der Waals surface area contributed by atoms with Gasteiger partial charge in [0.25, 0.3) is 23.2 Å². The van der Waals surface area contributed by atoms with Gasteiger partial charge >= 0.3 is 0 Å². The van der Waals surface area contributed by atoms with Crippen LogP contribution < -0.4 is 10.6 Å². The van der Waals surface area contributed by atoms with Crippen molar-refractivity contribution in [2.24, 2.45) is 0 Å². The number of nitro groups is 2. The van der Waals surface area contributed by atoms with Gasteiger partial charge in [0.05, 0.1) is 9.85 Å². The first-order chi connectivity index (χ1) is 19.2. The predicted octanol–water partition coefficient (Wildman–Crippen LogP) is 5.90. The first kappa shape index (κ1) is 27.1. The molecule has 4 aromatic carbocycles. The van der Waals surface area contributed by atoms with Crippen LogP contribution in [-0.4, -0.2) is 27.4 Å². The van der Waals surface area contributed by atoms with Crippen molar-refractivity contribution in [1.29, 1.82) is 0 Å². The van der Waals surface area contributed by atoms with Gasteiger partial charge in [-0.05, 0) is 60.2 Å². The summed E-state index contributed by atoms with van der Waals surface area (Å²) in [5, 5.41) is 27.0. The summed E-state index contributed by atoms with van der Waals surface area (Å²) in [6.07, 6.45) is 2.93. The second-order valence-electron chi connectivity index (χ2n) is 8.42. The summed E-state index contributed by atoms with van der Waals surface area (Å²) in [5.74, 6) is -1.26. The van der Waals surface area contributed by atoms with Crippen LogP contribution in [0.1, 0.15) is 36.6 Å². The van der Waals surface area contributed by atoms with E-state index in [1.165, 1.54) is 60.7 Å². The number of anilines is 2. The quantitative estimate of drug-likeness (QED) is 0.116. The standard InChI is InChI=1S/C29H20N4O7/c34-27(22-4-2-6-24(18-22)31-29(36)21-10-14-26(15-11-21)33(39)40)16-7-19-3-1-5-23(17-19)30-28(35)20-8-12-25(13-9-20)32(37)38/h1-18H,(H,30,35)(H,31,36). The van der Waals surface area contributed by atoms with E-state index in [1.807, 2.05) is 0 Å². The number of nitro benzene ring substituents is 2. The Morgan fingerprint density at radius 1 is 0.600 bits per heavy atom. The molecule has 0 fully saturated rings. The summed E-state index contributed by atoms with van der Waals surface area (Å²) in [7, 11) is 0. The van der Waals surface area contributed by atoms with Crippen LogP contribution in [-0.2, 0) is 0 Å². The lowest BCUT2D eigenvalue weighted by Crippen LogP contribution is -2.12. The lowest BCUT2D eigenvalue weighted by atomic mass is 10.1. The monoisotopic (exact) mass is 536 g/mol. The minimum absolute atomic E-state index is 0.120. The predicted molar refractivity (Wildman–Crippen MR) is 148 cm³/mol. The maximum Gasteiger partial charge on any atom is 0.269 e. The number of ketones is 1. The molecule has 0 unspecified atom stereocenters. The number of benzene rings is 4. The second-order valence-corrected chi connectivity index (χ2v) is 8.42. The molecule has 11 heteroatoms. The topological polar surface area (TPSA) is 162 Å². The molecule has 2 amide bonds. The summed E-state index contributed by atoms with van der Waals surface area (Å²) >= 11 is 0. The third kappa shape index (κ3) is 6.86. The highest BCUT2D eigenvalue weighted by Crippen LogP contribution is 2.18. The van der Waals surface area contributed by atoms with Crippen LogP contribution >= 0.6 is 0 Å². The van der Waals surface area contributed by atoms with Crippen LogP contribution in [0.3, 0.4) is 0 Å². The van der Waals surface area contributed by atoms with Gasteiger partial charge in [-0.25, -0.2) is 0 Å². The molecule has 0 spiro atoms. The fraction of sp³-hybridized carbons (Fsp3) is 0. The molecule has 0 saturated carbocycles. The van der Waals surface area contributed by atoms with Crippen molar-refractivity contribution in [3.63, 3.8) is 0 Å². The number of nitrogens with one attached hydrogen (secondary N) is 2.